The summed E-state index contributed by atoms with van der Waals surface area (Å²) in [6, 6.07) is 30.3. The van der Waals surface area contributed by atoms with E-state index in [0.717, 1.165) is 47.5 Å². The molecule has 7 heteroatoms. The van der Waals surface area contributed by atoms with Crippen molar-refractivity contribution in [2.45, 2.75) is 56.0 Å². The van der Waals surface area contributed by atoms with Gasteiger partial charge in [-0.25, -0.2) is 13.1 Å². The highest BCUT2D eigenvalue weighted by Gasteiger charge is 2.46. The second kappa shape index (κ2) is 11.0. The van der Waals surface area contributed by atoms with Crippen molar-refractivity contribution < 1.29 is 13.2 Å². The van der Waals surface area contributed by atoms with Crippen molar-refractivity contribution in [2.24, 2.45) is 5.92 Å². The van der Waals surface area contributed by atoms with Crippen LogP contribution in [-0.4, -0.2) is 19.3 Å². The largest absolute Gasteiger partial charge is 0.306 e. The summed E-state index contributed by atoms with van der Waals surface area (Å²) in [5.74, 6) is 0.203. The maximum Gasteiger partial charge on any atom is 0.241 e. The molecule has 6 nitrogen and oxygen atoms in total. The van der Waals surface area contributed by atoms with E-state index in [-0.39, 0.29) is 28.7 Å². The van der Waals surface area contributed by atoms with Crippen molar-refractivity contribution in [3.63, 3.8) is 0 Å². The average molecular weight is 552 g/mol. The molecule has 1 aromatic heterocycles. The predicted molar refractivity (Wildman–Crippen MR) is 156 cm³/mol. The number of nitrogens with one attached hydrogen (secondary N) is 1. The molecule has 2 aliphatic carbocycles. The Hall–Kier alpha value is -3.81. The van der Waals surface area contributed by atoms with Crippen molar-refractivity contribution in [2.75, 3.05) is 4.90 Å². The summed E-state index contributed by atoms with van der Waals surface area (Å²) in [6.45, 7) is 2.31. The first kappa shape index (κ1) is 26.4. The number of aryl methyl sites for hydroxylation is 2. The summed E-state index contributed by atoms with van der Waals surface area (Å²) < 4.78 is 29.3. The number of carbonyl (C=O) groups is 1. The molecule has 0 saturated heterocycles. The normalized spacial score (nSPS) is 20.0. The molecule has 1 heterocycles. The molecule has 0 spiro atoms. The lowest BCUT2D eigenvalue weighted by atomic mass is 9.87. The first-order valence-corrected chi connectivity index (χ1v) is 15.4. The van der Waals surface area contributed by atoms with Gasteiger partial charge < -0.3 is 4.90 Å². The van der Waals surface area contributed by atoms with Crippen LogP contribution in [0, 0.1) is 12.8 Å². The van der Waals surface area contributed by atoms with Gasteiger partial charge in [-0.1, -0.05) is 60.7 Å². The van der Waals surface area contributed by atoms with Crippen molar-refractivity contribution in [1.29, 1.82) is 0 Å². The van der Waals surface area contributed by atoms with E-state index >= 15 is 0 Å². The van der Waals surface area contributed by atoms with Gasteiger partial charge in [-0.2, -0.15) is 0 Å². The van der Waals surface area contributed by atoms with Gasteiger partial charge in [0.05, 0.1) is 17.1 Å². The molecule has 204 valence electrons. The number of benzene rings is 3. The zero-order chi connectivity index (χ0) is 27.7. The SMILES string of the molecule is Cc1cccc(CN(C(=O)[C@H]2C[C@@H]2c2ccccc2)c2ccc3c(c2)[C@H](NS(=O)(=O)c2ccccc2)CCC3)n1. The van der Waals surface area contributed by atoms with E-state index < -0.39 is 10.0 Å². The molecule has 1 fully saturated rings. The van der Waals surface area contributed by atoms with Gasteiger partial charge in [-0.3, -0.25) is 9.78 Å². The Morgan fingerprint density at radius 3 is 2.45 bits per heavy atom. The fourth-order valence-electron chi connectivity index (χ4n) is 5.81. The van der Waals surface area contributed by atoms with Crippen LogP contribution < -0.4 is 9.62 Å². The minimum Gasteiger partial charge on any atom is -0.306 e. The number of pyridine rings is 1. The minimum absolute atomic E-state index is 0.0781. The van der Waals surface area contributed by atoms with Crippen LogP contribution >= 0.6 is 0 Å². The quantitative estimate of drug-likeness (QED) is 0.288. The lowest BCUT2D eigenvalue weighted by Gasteiger charge is -2.29. The van der Waals surface area contributed by atoms with Crippen LogP contribution in [0.25, 0.3) is 0 Å². The lowest BCUT2D eigenvalue weighted by molar-refractivity contribution is -0.120. The molecule has 1 amide bonds. The van der Waals surface area contributed by atoms with Crippen LogP contribution in [0.2, 0.25) is 0 Å². The van der Waals surface area contributed by atoms with Crippen LogP contribution in [0.3, 0.4) is 0 Å². The van der Waals surface area contributed by atoms with Crippen molar-refractivity contribution >= 4 is 21.6 Å². The number of amides is 1. The number of hydrogen-bond donors (Lipinski definition) is 1. The fraction of sp³-hybridized carbons (Fsp3) is 0.273. The fourth-order valence-corrected chi connectivity index (χ4v) is 7.09. The van der Waals surface area contributed by atoms with Crippen LogP contribution in [-0.2, 0) is 27.8 Å². The third-order valence-corrected chi connectivity index (χ3v) is 9.46. The summed E-state index contributed by atoms with van der Waals surface area (Å²) in [5.41, 5.74) is 5.74. The van der Waals surface area contributed by atoms with E-state index in [1.165, 1.54) is 5.56 Å². The Kier molecular flexibility index (Phi) is 7.26. The number of hydrogen-bond acceptors (Lipinski definition) is 4. The highest BCUT2D eigenvalue weighted by atomic mass is 32.2. The molecule has 3 aromatic carbocycles. The molecule has 1 N–H and O–H groups in total. The highest BCUT2D eigenvalue weighted by molar-refractivity contribution is 7.89. The van der Waals surface area contributed by atoms with E-state index in [2.05, 4.69) is 27.9 Å². The van der Waals surface area contributed by atoms with Crippen LogP contribution in [0.5, 0.6) is 0 Å². The van der Waals surface area contributed by atoms with E-state index in [1.54, 1.807) is 30.3 Å². The summed E-state index contributed by atoms with van der Waals surface area (Å²) in [4.78, 5) is 20.8. The van der Waals surface area contributed by atoms with Gasteiger partial charge in [0.15, 0.2) is 0 Å². The van der Waals surface area contributed by atoms with Crippen molar-refractivity contribution in [3.8, 4) is 0 Å². The second-order valence-corrected chi connectivity index (χ2v) is 12.5. The molecule has 0 unspecified atom stereocenters. The third-order valence-electron chi connectivity index (χ3n) is 7.97. The van der Waals surface area contributed by atoms with Crippen molar-refractivity contribution in [1.82, 2.24) is 9.71 Å². The maximum atomic E-state index is 14.0. The molecule has 0 bridgehead atoms. The molecule has 1 saturated carbocycles. The number of carbonyl (C=O) groups excluding carboxylic acids is 1. The maximum absolute atomic E-state index is 14.0. The van der Waals surface area contributed by atoms with Gasteiger partial charge in [-0.15, -0.1) is 0 Å². The Bertz CT molecular complexity index is 1620. The highest BCUT2D eigenvalue weighted by Crippen LogP contribution is 2.49. The molecule has 0 radical (unpaired) electrons. The number of fused-ring (bicyclic) bond motifs is 1. The van der Waals surface area contributed by atoms with E-state index in [9.17, 15) is 13.2 Å². The summed E-state index contributed by atoms with van der Waals surface area (Å²) in [7, 11) is -3.69. The minimum atomic E-state index is -3.69. The Morgan fingerprint density at radius 1 is 0.950 bits per heavy atom. The van der Waals surface area contributed by atoms with Crippen LogP contribution in [0.15, 0.2) is 102 Å². The molecule has 3 atom stereocenters. The molecular weight excluding hydrogens is 518 g/mol. The molecule has 40 heavy (non-hydrogen) atoms. The number of anilines is 1. The average Bonchev–Trinajstić information content (AvgIpc) is 3.78. The Balaban J connectivity index is 1.32. The monoisotopic (exact) mass is 551 g/mol. The third kappa shape index (κ3) is 5.58. The second-order valence-electron chi connectivity index (χ2n) is 10.8. The number of aromatic nitrogens is 1. The zero-order valence-electron chi connectivity index (χ0n) is 22.5. The molecule has 6 rings (SSSR count). The molecule has 4 aromatic rings. The number of sulfonamides is 1. The van der Waals surface area contributed by atoms with Gasteiger partial charge >= 0.3 is 0 Å². The topological polar surface area (TPSA) is 79.4 Å². The van der Waals surface area contributed by atoms with Gasteiger partial charge in [0.2, 0.25) is 15.9 Å². The Morgan fingerprint density at radius 2 is 1.70 bits per heavy atom. The first-order chi connectivity index (χ1) is 19.4. The molecule has 0 aliphatic heterocycles. The predicted octanol–water partition coefficient (Wildman–Crippen LogP) is 6.08. The van der Waals surface area contributed by atoms with Gasteiger partial charge in [0, 0.05) is 23.3 Å². The number of nitrogens with zero attached hydrogens (tertiary/aromatic N) is 2. The summed E-state index contributed by atoms with van der Waals surface area (Å²) in [5, 5.41) is 0. The summed E-state index contributed by atoms with van der Waals surface area (Å²) in [6.07, 6.45) is 3.30. The van der Waals surface area contributed by atoms with Gasteiger partial charge in [0.1, 0.15) is 0 Å². The van der Waals surface area contributed by atoms with Crippen LogP contribution in [0.1, 0.15) is 59.3 Å². The van der Waals surface area contributed by atoms with E-state index in [0.29, 0.717) is 13.0 Å². The smallest absolute Gasteiger partial charge is 0.241 e. The summed E-state index contributed by atoms with van der Waals surface area (Å²) >= 11 is 0. The Labute approximate surface area is 236 Å². The van der Waals surface area contributed by atoms with Crippen molar-refractivity contribution in [3.05, 3.63) is 125 Å². The lowest BCUT2D eigenvalue weighted by Crippen LogP contribution is -2.34. The number of rotatable bonds is 8. The molecular formula is C33H33N3O3S. The van der Waals surface area contributed by atoms with Gasteiger partial charge in [-0.05, 0) is 91.6 Å². The van der Waals surface area contributed by atoms with E-state index in [1.807, 2.05) is 60.4 Å². The van der Waals surface area contributed by atoms with Gasteiger partial charge in [0.25, 0.3) is 0 Å². The zero-order valence-corrected chi connectivity index (χ0v) is 23.3. The standard InChI is InChI=1S/C33H33N3O3S/c1-23-10-8-14-26(34-23)22-36(33(37)31-21-29(31)24-11-4-2-5-12-24)27-19-18-25-13-9-17-32(30(25)20-27)35-40(38,39)28-15-6-3-7-16-28/h2-8,10-12,14-16,18-20,29,31-32,35H,9,13,17,21-22H2,1H3/t29-,31+,32-/m1/s1. The van der Waals surface area contributed by atoms with E-state index in [4.69, 9.17) is 0 Å². The first-order valence-electron chi connectivity index (χ1n) is 13.9. The van der Waals surface area contributed by atoms with Crippen LogP contribution in [0.4, 0.5) is 5.69 Å². The molecule has 2 aliphatic rings.